The first-order valence-corrected chi connectivity index (χ1v) is 11.0. The van der Waals surface area contributed by atoms with E-state index in [2.05, 4.69) is 5.10 Å². The van der Waals surface area contributed by atoms with E-state index in [-0.39, 0.29) is 25.1 Å². The van der Waals surface area contributed by atoms with Gasteiger partial charge in [0.25, 0.3) is 0 Å². The Morgan fingerprint density at radius 3 is 2.23 bits per heavy atom. The van der Waals surface area contributed by atoms with Crippen molar-refractivity contribution in [1.82, 2.24) is 14.7 Å². The van der Waals surface area contributed by atoms with Crippen molar-refractivity contribution < 1.29 is 40.7 Å². The Balaban J connectivity index is 1.46. The molecule has 0 N–H and O–H groups in total. The van der Waals surface area contributed by atoms with Gasteiger partial charge in [-0.1, -0.05) is 0 Å². The van der Waals surface area contributed by atoms with Crippen LogP contribution in [0.15, 0.2) is 24.3 Å². The topological polar surface area (TPSA) is 67.7 Å². The highest BCUT2D eigenvalue weighted by atomic mass is 19.4. The number of aromatic nitrogens is 2. The molecule has 13 heteroatoms. The van der Waals surface area contributed by atoms with Crippen LogP contribution in [0.1, 0.15) is 48.1 Å². The number of rotatable bonds is 3. The van der Waals surface area contributed by atoms with Gasteiger partial charge in [0.2, 0.25) is 5.91 Å². The molecule has 2 aliphatic heterocycles. The number of benzene rings is 1. The number of aryl methyl sites for hydroxylation is 1. The van der Waals surface area contributed by atoms with Crippen LogP contribution in [-0.2, 0) is 41.6 Å². The van der Waals surface area contributed by atoms with Gasteiger partial charge < -0.3 is 9.64 Å². The van der Waals surface area contributed by atoms with E-state index in [0.29, 0.717) is 49.6 Å². The zero-order chi connectivity index (χ0) is 25.4. The van der Waals surface area contributed by atoms with Crippen molar-refractivity contribution in [2.24, 2.45) is 0 Å². The third-order valence-corrected chi connectivity index (χ3v) is 5.87. The Morgan fingerprint density at radius 1 is 0.914 bits per heavy atom. The lowest BCUT2D eigenvalue weighted by Gasteiger charge is -2.24. The molecule has 0 bridgehead atoms. The van der Waals surface area contributed by atoms with Gasteiger partial charge in [-0.2, -0.15) is 31.4 Å². The second-order valence-electron chi connectivity index (χ2n) is 8.46. The summed E-state index contributed by atoms with van der Waals surface area (Å²) in [6.45, 7) is 0.609. The molecule has 2 aliphatic rings. The number of nitrogens with zero attached hydrogens (tertiary/aromatic N) is 4. The van der Waals surface area contributed by atoms with Crippen LogP contribution in [0.2, 0.25) is 0 Å². The summed E-state index contributed by atoms with van der Waals surface area (Å²) in [6.07, 6.45) is -8.24. The molecule has 7 nitrogen and oxygen atoms in total. The van der Waals surface area contributed by atoms with Gasteiger partial charge in [0.1, 0.15) is 6.61 Å². The molecule has 0 radical (unpaired) electrons. The number of amides is 2. The van der Waals surface area contributed by atoms with Crippen LogP contribution >= 0.6 is 0 Å². The van der Waals surface area contributed by atoms with E-state index in [4.69, 9.17) is 4.74 Å². The Hall–Kier alpha value is -3.25. The molecule has 1 aromatic heterocycles. The minimum atomic E-state index is -4.99. The van der Waals surface area contributed by atoms with E-state index in [1.165, 1.54) is 4.90 Å². The van der Waals surface area contributed by atoms with Crippen molar-refractivity contribution in [2.45, 2.75) is 57.7 Å². The van der Waals surface area contributed by atoms with Gasteiger partial charge in [0.15, 0.2) is 5.82 Å². The summed E-state index contributed by atoms with van der Waals surface area (Å²) >= 11 is 0. The van der Waals surface area contributed by atoms with Crippen molar-refractivity contribution in [2.75, 3.05) is 18.0 Å². The maximum atomic E-state index is 13.1. The van der Waals surface area contributed by atoms with Crippen LogP contribution in [0, 0.1) is 0 Å². The quantitative estimate of drug-likeness (QED) is 0.553. The van der Waals surface area contributed by atoms with Crippen LogP contribution in [0.4, 0.5) is 37.0 Å². The number of anilines is 1. The van der Waals surface area contributed by atoms with Crippen LogP contribution in [0.3, 0.4) is 0 Å². The number of carbonyl (C=O) groups excluding carboxylic acids is 2. The smallest absolute Gasteiger partial charge is 0.416 e. The second-order valence-corrected chi connectivity index (χ2v) is 8.46. The molecule has 190 valence electrons. The minimum Gasteiger partial charge on any atom is -0.445 e. The van der Waals surface area contributed by atoms with Gasteiger partial charge in [-0.15, -0.1) is 0 Å². The van der Waals surface area contributed by atoms with Gasteiger partial charge >= 0.3 is 18.4 Å². The first-order valence-electron chi connectivity index (χ1n) is 11.0. The molecule has 2 aromatic rings. The number of alkyl halides is 6. The largest absolute Gasteiger partial charge is 0.445 e. The summed E-state index contributed by atoms with van der Waals surface area (Å²) in [6, 6.07) is 2.78. The fourth-order valence-corrected chi connectivity index (χ4v) is 4.12. The van der Waals surface area contributed by atoms with Gasteiger partial charge in [0, 0.05) is 32.1 Å². The molecule has 2 amide bonds. The lowest BCUT2D eigenvalue weighted by molar-refractivity contribution is -0.143. The Kier molecular flexibility index (Phi) is 6.69. The average Bonchev–Trinajstić information content (AvgIpc) is 3.07. The fourth-order valence-electron chi connectivity index (χ4n) is 4.12. The number of hydrogen-bond donors (Lipinski definition) is 0. The third-order valence-electron chi connectivity index (χ3n) is 5.87. The van der Waals surface area contributed by atoms with Crippen LogP contribution < -0.4 is 4.90 Å². The number of ether oxygens (including phenoxy) is 1. The summed E-state index contributed by atoms with van der Waals surface area (Å²) in [4.78, 5) is 27.7. The first kappa shape index (κ1) is 24.9. The monoisotopic (exact) mass is 504 g/mol. The molecule has 0 spiro atoms. The average molecular weight is 504 g/mol. The minimum absolute atomic E-state index is 0.0198. The molecule has 0 saturated carbocycles. The number of hydrogen-bond acceptors (Lipinski definition) is 4. The number of piperidine rings is 1. The van der Waals surface area contributed by atoms with Crippen molar-refractivity contribution in [1.29, 1.82) is 0 Å². The lowest BCUT2D eigenvalue weighted by Crippen LogP contribution is -2.35. The van der Waals surface area contributed by atoms with Crippen molar-refractivity contribution in [3.8, 4) is 0 Å². The number of carbonyl (C=O) groups is 2. The van der Waals surface area contributed by atoms with E-state index in [1.807, 2.05) is 0 Å². The van der Waals surface area contributed by atoms with E-state index < -0.39 is 41.7 Å². The molecule has 3 heterocycles. The van der Waals surface area contributed by atoms with E-state index >= 15 is 0 Å². The standard InChI is InChI=1S/C22H22F6N4O3/c23-21(24,25)15-8-14(9-16(10-15)22(26,27)28)13-35-20(34)30-5-3-7-32-17(12-30)11-18(29-32)31-6-2-1-4-19(31)33/h8-11H,1-7,12-13H2. The van der Waals surface area contributed by atoms with E-state index in [1.54, 1.807) is 15.6 Å². The van der Waals surface area contributed by atoms with Crippen molar-refractivity contribution in [3.63, 3.8) is 0 Å². The molecule has 1 saturated heterocycles. The lowest BCUT2D eigenvalue weighted by atomic mass is 10.1. The molecule has 0 atom stereocenters. The summed E-state index contributed by atoms with van der Waals surface area (Å²) in [7, 11) is 0. The molecule has 4 rings (SSSR count). The van der Waals surface area contributed by atoms with E-state index in [0.717, 1.165) is 12.8 Å². The molecule has 1 aromatic carbocycles. The van der Waals surface area contributed by atoms with Crippen LogP contribution in [0.25, 0.3) is 0 Å². The highest BCUT2D eigenvalue weighted by molar-refractivity contribution is 5.93. The van der Waals surface area contributed by atoms with E-state index in [9.17, 15) is 35.9 Å². The van der Waals surface area contributed by atoms with Crippen LogP contribution in [0.5, 0.6) is 0 Å². The Morgan fingerprint density at radius 2 is 1.60 bits per heavy atom. The zero-order valence-electron chi connectivity index (χ0n) is 18.5. The highest BCUT2D eigenvalue weighted by Crippen LogP contribution is 2.36. The van der Waals surface area contributed by atoms with Gasteiger partial charge in [-0.3, -0.25) is 14.4 Å². The predicted octanol–water partition coefficient (Wildman–Crippen LogP) is 4.98. The molecule has 35 heavy (non-hydrogen) atoms. The fraction of sp³-hybridized carbons (Fsp3) is 0.500. The number of halogens is 6. The summed E-state index contributed by atoms with van der Waals surface area (Å²) < 4.78 is 85.1. The second kappa shape index (κ2) is 9.42. The SMILES string of the molecule is O=C(OCc1cc(C(F)(F)F)cc(C(F)(F)F)c1)N1CCCn2nc(N3CCCCC3=O)cc2C1. The number of fused-ring (bicyclic) bond motifs is 1. The highest BCUT2D eigenvalue weighted by Gasteiger charge is 2.37. The maximum Gasteiger partial charge on any atom is 0.416 e. The summed E-state index contributed by atoms with van der Waals surface area (Å²) in [5, 5.41) is 4.47. The predicted molar refractivity (Wildman–Crippen MR) is 110 cm³/mol. The molecule has 0 aliphatic carbocycles. The molecular weight excluding hydrogens is 482 g/mol. The molecule has 1 fully saturated rings. The maximum absolute atomic E-state index is 13.1. The first-order chi connectivity index (χ1) is 16.4. The van der Waals surface area contributed by atoms with Gasteiger partial charge in [-0.25, -0.2) is 4.79 Å². The Labute approximate surface area is 196 Å². The van der Waals surface area contributed by atoms with Crippen molar-refractivity contribution in [3.05, 3.63) is 46.6 Å². The normalized spacial score (nSPS) is 17.3. The molecular formula is C22H22F6N4O3. The summed E-state index contributed by atoms with van der Waals surface area (Å²) in [5.74, 6) is 0.462. The van der Waals surface area contributed by atoms with Crippen LogP contribution in [-0.4, -0.2) is 39.8 Å². The third kappa shape index (κ3) is 5.70. The zero-order valence-corrected chi connectivity index (χ0v) is 18.5. The van der Waals surface area contributed by atoms with Crippen molar-refractivity contribution >= 4 is 17.8 Å². The summed E-state index contributed by atoms with van der Waals surface area (Å²) in [5.41, 5.74) is -2.73. The Bertz CT molecular complexity index is 1080. The molecule has 0 unspecified atom stereocenters. The van der Waals surface area contributed by atoms with Gasteiger partial charge in [0.05, 0.1) is 23.4 Å². The van der Waals surface area contributed by atoms with Gasteiger partial charge in [-0.05, 0) is 43.0 Å².